The summed E-state index contributed by atoms with van der Waals surface area (Å²) in [5, 5.41) is 2.85. The Labute approximate surface area is 115 Å². The van der Waals surface area contributed by atoms with E-state index < -0.39 is 24.7 Å². The predicted octanol–water partition coefficient (Wildman–Crippen LogP) is 3.15. The minimum absolute atomic E-state index is 1.27. The maximum atomic E-state index is 3.69. The molecule has 0 amide bonds. The van der Waals surface area contributed by atoms with Crippen molar-refractivity contribution >= 4 is 45.3 Å². The van der Waals surface area contributed by atoms with Gasteiger partial charge in [-0.15, -0.1) is 0 Å². The van der Waals surface area contributed by atoms with Gasteiger partial charge in [-0.3, -0.25) is 0 Å². The van der Waals surface area contributed by atoms with Gasteiger partial charge in [0.25, 0.3) is 0 Å². The van der Waals surface area contributed by atoms with Crippen LogP contribution in [-0.2, 0) is 0 Å². The Kier molecular flexibility index (Phi) is 2.86. The van der Waals surface area contributed by atoms with Crippen molar-refractivity contribution < 1.29 is 0 Å². The molecule has 3 rings (SSSR count). The van der Waals surface area contributed by atoms with Crippen LogP contribution in [0.2, 0.25) is 25.1 Å². The fraction of sp³-hybridized carbons (Fsp3) is 0.286. The molecule has 1 aliphatic rings. The summed E-state index contributed by atoms with van der Waals surface area (Å²) in [5.74, 6) is 0. The number of benzene rings is 2. The first-order chi connectivity index (χ1) is 8.48. The van der Waals surface area contributed by atoms with Gasteiger partial charge in [-0.2, -0.15) is 0 Å². The van der Waals surface area contributed by atoms with E-state index >= 15 is 0 Å². The molecule has 2 aromatic carbocycles. The molecule has 0 saturated carbocycles. The van der Waals surface area contributed by atoms with Gasteiger partial charge in [-0.05, 0) is 0 Å². The van der Waals surface area contributed by atoms with Gasteiger partial charge < -0.3 is 0 Å². The van der Waals surface area contributed by atoms with Crippen molar-refractivity contribution in [2.45, 2.75) is 25.1 Å². The zero-order valence-electron chi connectivity index (χ0n) is 11.5. The van der Waals surface area contributed by atoms with Gasteiger partial charge in [0.2, 0.25) is 0 Å². The van der Waals surface area contributed by atoms with E-state index in [1.165, 1.54) is 16.5 Å². The number of hydrazine groups is 1. The molecule has 18 heavy (non-hydrogen) atoms. The molecule has 2 aromatic rings. The molecule has 0 unspecified atom stereocenters. The predicted molar refractivity (Wildman–Crippen MR) is 84.0 cm³/mol. The number of anilines is 1. The van der Waals surface area contributed by atoms with Crippen LogP contribution < -0.4 is 9.54 Å². The Morgan fingerprint density at radius 1 is 1.06 bits per heavy atom. The Hall–Kier alpha value is -0.687. The normalized spacial score (nSPS) is 15.9. The molecule has 1 aliphatic heterocycles. The Bertz CT molecular complexity index is 606. The number of nitrogens with one attached hydrogen (secondary N) is 1. The monoisotopic (exact) mass is 312 g/mol. The molecule has 0 radical (unpaired) electrons. The first-order valence-corrected chi connectivity index (χ1v) is 14.7. The van der Waals surface area contributed by atoms with E-state index in [2.05, 4.69) is 70.3 Å². The molecular weight excluding hydrogens is 294 g/mol. The molecule has 0 spiro atoms. The van der Waals surface area contributed by atoms with Crippen LogP contribution in [0.3, 0.4) is 0 Å². The van der Waals surface area contributed by atoms with Crippen LogP contribution in [0, 0.1) is 0 Å². The summed E-state index contributed by atoms with van der Waals surface area (Å²) in [6, 6.07) is 13.3. The number of rotatable bonds is 1. The number of nitrogens with zero attached hydrogens (tertiary/aromatic N) is 1. The van der Waals surface area contributed by atoms with E-state index in [0.29, 0.717) is 0 Å². The van der Waals surface area contributed by atoms with Gasteiger partial charge in [-0.1, -0.05) is 0 Å². The first kappa shape index (κ1) is 12.4. The average molecular weight is 313 g/mol. The van der Waals surface area contributed by atoms with E-state index in [1.807, 2.05) is 0 Å². The van der Waals surface area contributed by atoms with Gasteiger partial charge in [0.1, 0.15) is 0 Å². The van der Waals surface area contributed by atoms with Crippen LogP contribution in [0.1, 0.15) is 0 Å². The van der Waals surface area contributed by atoms with Crippen LogP contribution >= 0.6 is 0 Å². The number of fused-ring (bicyclic) bond motifs is 3. The molecule has 92 valence electrons. The number of hydrogen-bond donors (Lipinski definition) is 1. The summed E-state index contributed by atoms with van der Waals surface area (Å²) in [6.45, 7) is 7.28. The molecule has 1 N–H and O–H groups in total. The molecule has 2 nitrogen and oxygen atoms in total. The molecule has 4 heteroatoms. The SMILES string of the molecule is [CH3][Ga]1[c]2c(ccc3ccccc23)N[N]1[Si](C)(C)C. The van der Waals surface area contributed by atoms with Gasteiger partial charge >= 0.3 is 116 Å². The van der Waals surface area contributed by atoms with Crippen molar-refractivity contribution in [3.05, 3.63) is 36.4 Å². The molecule has 0 bridgehead atoms. The minimum atomic E-state index is -1.58. The number of hydrogen-bond acceptors (Lipinski definition) is 2. The van der Waals surface area contributed by atoms with Crippen molar-refractivity contribution in [3.63, 3.8) is 0 Å². The summed E-state index contributed by atoms with van der Waals surface area (Å²) >= 11 is -1.58. The summed E-state index contributed by atoms with van der Waals surface area (Å²) in [5.41, 5.74) is 7.56. The second kappa shape index (κ2) is 4.16. The van der Waals surface area contributed by atoms with Crippen LogP contribution in [-0.4, -0.2) is 28.1 Å². The maximum absolute atomic E-state index is 3.69. The first-order valence-electron chi connectivity index (χ1n) is 6.56. The summed E-state index contributed by atoms with van der Waals surface area (Å²) in [4.78, 5) is 0. The van der Waals surface area contributed by atoms with E-state index in [9.17, 15) is 0 Å². The standard InChI is InChI=1S/C13H16N2Si.CH3.Ga/c1-16(2,3)15-14-13-9-8-11-6-4-5-7-12(11)10-13;;/h4-9,14H,1-3H3;1H3;/q-1;;+1. The van der Waals surface area contributed by atoms with Crippen LogP contribution in [0.5, 0.6) is 0 Å². The van der Waals surface area contributed by atoms with Crippen molar-refractivity contribution in [1.29, 1.82) is 0 Å². The molecule has 1 heterocycles. The third-order valence-electron chi connectivity index (χ3n) is 3.74. The van der Waals surface area contributed by atoms with E-state index in [0.717, 1.165) is 0 Å². The third-order valence-corrected chi connectivity index (χ3v) is 17.1. The molecular formula is C14H19GaN2Si. The van der Waals surface area contributed by atoms with Crippen LogP contribution in [0.25, 0.3) is 10.8 Å². The fourth-order valence-electron chi connectivity index (χ4n) is 2.95. The van der Waals surface area contributed by atoms with Crippen molar-refractivity contribution in [2.24, 2.45) is 0 Å². The van der Waals surface area contributed by atoms with Gasteiger partial charge in [0, 0.05) is 0 Å². The molecule has 0 aromatic heterocycles. The van der Waals surface area contributed by atoms with Crippen LogP contribution in [0.15, 0.2) is 36.4 Å². The molecule has 0 fully saturated rings. The second-order valence-corrected chi connectivity index (χ2v) is 17.1. The van der Waals surface area contributed by atoms with E-state index in [4.69, 9.17) is 0 Å². The summed E-state index contributed by atoms with van der Waals surface area (Å²) < 4.78 is 4.31. The van der Waals surface area contributed by atoms with Crippen LogP contribution in [0.4, 0.5) is 5.69 Å². The molecule has 0 saturated heterocycles. The van der Waals surface area contributed by atoms with E-state index in [-0.39, 0.29) is 0 Å². The Morgan fingerprint density at radius 3 is 2.50 bits per heavy atom. The summed E-state index contributed by atoms with van der Waals surface area (Å²) in [7, 11) is -1.27. The average Bonchev–Trinajstić information content (AvgIpc) is 2.67. The quantitative estimate of drug-likeness (QED) is 0.814. The van der Waals surface area contributed by atoms with Gasteiger partial charge in [0.05, 0.1) is 0 Å². The van der Waals surface area contributed by atoms with E-state index in [1.54, 1.807) is 4.12 Å². The zero-order valence-corrected chi connectivity index (χ0v) is 14.9. The zero-order chi connectivity index (χ0) is 12.9. The van der Waals surface area contributed by atoms with Crippen molar-refractivity contribution in [2.75, 3.05) is 5.43 Å². The molecule has 0 aliphatic carbocycles. The van der Waals surface area contributed by atoms with Crippen molar-refractivity contribution in [1.82, 2.24) is 3.38 Å². The Morgan fingerprint density at radius 2 is 1.78 bits per heavy atom. The Balaban J connectivity index is 2.19. The summed E-state index contributed by atoms with van der Waals surface area (Å²) in [6.07, 6.45) is 0. The van der Waals surface area contributed by atoms with Crippen molar-refractivity contribution in [3.8, 4) is 0 Å². The molecule has 0 atom stereocenters. The van der Waals surface area contributed by atoms with Gasteiger partial charge in [0.15, 0.2) is 0 Å². The third kappa shape index (κ3) is 1.84. The fourth-order valence-corrected chi connectivity index (χ4v) is 16.6. The topological polar surface area (TPSA) is 15.3 Å². The van der Waals surface area contributed by atoms with Gasteiger partial charge in [-0.25, -0.2) is 0 Å². The second-order valence-electron chi connectivity index (χ2n) is 6.08.